The van der Waals surface area contributed by atoms with Gasteiger partial charge in [-0.25, -0.2) is 0 Å². The highest BCUT2D eigenvalue weighted by atomic mass is 79.9. The van der Waals surface area contributed by atoms with E-state index in [0.717, 1.165) is 20.1 Å². The Morgan fingerprint density at radius 3 is 2.42 bits per heavy atom. The van der Waals surface area contributed by atoms with Gasteiger partial charge >= 0.3 is 0 Å². The summed E-state index contributed by atoms with van der Waals surface area (Å²) in [6.45, 7) is 0. The Morgan fingerprint density at radius 1 is 1.16 bits per heavy atom. The van der Waals surface area contributed by atoms with Gasteiger partial charge in [0, 0.05) is 26.9 Å². The second-order valence-electron chi connectivity index (χ2n) is 3.66. The predicted octanol–water partition coefficient (Wildman–Crippen LogP) is 5.24. The van der Waals surface area contributed by atoms with Crippen LogP contribution < -0.4 is 0 Å². The molecule has 0 bridgehead atoms. The summed E-state index contributed by atoms with van der Waals surface area (Å²) in [5, 5.41) is 9.73. The monoisotopic (exact) mass is 396 g/mol. The van der Waals surface area contributed by atoms with Crippen LogP contribution in [0.3, 0.4) is 0 Å². The van der Waals surface area contributed by atoms with Crippen LogP contribution in [-0.2, 0) is 0 Å². The second kappa shape index (κ2) is 6.33. The molecule has 0 saturated carbocycles. The third-order valence-corrected chi connectivity index (χ3v) is 4.01. The topological polar surface area (TPSA) is 36.7 Å². The van der Waals surface area contributed by atoms with E-state index >= 15 is 0 Å². The molecule has 0 N–H and O–H groups in total. The molecule has 0 fully saturated rings. The average molecular weight is 398 g/mol. The first kappa shape index (κ1) is 14.3. The molecule has 1 heterocycles. The summed E-state index contributed by atoms with van der Waals surface area (Å²) in [5.41, 5.74) is 1.95. The molecule has 0 aliphatic rings. The molecule has 1 aromatic heterocycles. The maximum Gasteiger partial charge on any atom is 0.101 e. The van der Waals surface area contributed by atoms with E-state index in [0.29, 0.717) is 10.6 Å². The highest BCUT2D eigenvalue weighted by molar-refractivity contribution is 9.11. The highest BCUT2D eigenvalue weighted by Gasteiger charge is 2.12. The molecule has 2 rings (SSSR count). The third kappa shape index (κ3) is 3.24. The van der Waals surface area contributed by atoms with E-state index in [-0.39, 0.29) is 0 Å². The molecule has 0 amide bonds. The SMILES string of the molecule is N#C/C(=C(/Cl)c1ccc(Br)cc1Br)c1ccncc1. The van der Waals surface area contributed by atoms with Crippen molar-refractivity contribution in [2.45, 2.75) is 0 Å². The fourth-order valence-corrected chi connectivity index (χ4v) is 3.24. The molecule has 2 aromatic rings. The minimum atomic E-state index is 0.410. The van der Waals surface area contributed by atoms with Crippen LogP contribution in [0.4, 0.5) is 0 Å². The standard InChI is InChI=1S/C14H7Br2ClN2/c15-10-1-2-11(13(16)7-10)14(17)12(8-18)9-3-5-19-6-4-9/h1-7H/b14-12-. The molecule has 0 unspecified atom stereocenters. The molecular formula is C14H7Br2ClN2. The second-order valence-corrected chi connectivity index (χ2v) is 5.81. The van der Waals surface area contributed by atoms with Crippen molar-refractivity contribution in [2.75, 3.05) is 0 Å². The van der Waals surface area contributed by atoms with E-state index in [2.05, 4.69) is 42.9 Å². The number of benzene rings is 1. The molecule has 0 aliphatic heterocycles. The van der Waals surface area contributed by atoms with Crippen LogP contribution in [0.2, 0.25) is 0 Å². The van der Waals surface area contributed by atoms with E-state index in [1.807, 2.05) is 18.2 Å². The molecule has 5 heteroatoms. The molecule has 0 saturated heterocycles. The van der Waals surface area contributed by atoms with Crippen molar-refractivity contribution in [3.8, 4) is 6.07 Å². The van der Waals surface area contributed by atoms with Crippen molar-refractivity contribution in [1.82, 2.24) is 4.98 Å². The summed E-state index contributed by atoms with van der Waals surface area (Å²) in [5.74, 6) is 0. The minimum absolute atomic E-state index is 0.410. The Morgan fingerprint density at radius 2 is 1.84 bits per heavy atom. The van der Waals surface area contributed by atoms with Crippen molar-refractivity contribution in [3.63, 3.8) is 0 Å². The first-order valence-corrected chi connectivity index (χ1v) is 7.25. The Labute approximate surface area is 133 Å². The minimum Gasteiger partial charge on any atom is -0.265 e. The summed E-state index contributed by atoms with van der Waals surface area (Å²) in [4.78, 5) is 3.93. The van der Waals surface area contributed by atoms with E-state index in [4.69, 9.17) is 11.6 Å². The number of hydrogen-bond acceptors (Lipinski definition) is 2. The van der Waals surface area contributed by atoms with Crippen molar-refractivity contribution >= 4 is 54.1 Å². The van der Waals surface area contributed by atoms with Crippen LogP contribution in [0.1, 0.15) is 11.1 Å². The maximum absolute atomic E-state index is 9.32. The normalized spacial score (nSPS) is 11.7. The zero-order valence-corrected chi connectivity index (χ0v) is 13.5. The van der Waals surface area contributed by atoms with Crippen molar-refractivity contribution < 1.29 is 0 Å². The lowest BCUT2D eigenvalue weighted by Crippen LogP contribution is -1.88. The highest BCUT2D eigenvalue weighted by Crippen LogP contribution is 2.34. The van der Waals surface area contributed by atoms with Crippen molar-refractivity contribution in [2.24, 2.45) is 0 Å². The maximum atomic E-state index is 9.32. The fraction of sp³-hybridized carbons (Fsp3) is 0. The van der Waals surface area contributed by atoms with Crippen LogP contribution in [0.5, 0.6) is 0 Å². The summed E-state index contributed by atoms with van der Waals surface area (Å²) >= 11 is 13.2. The number of rotatable bonds is 2. The fourth-order valence-electron chi connectivity index (χ4n) is 1.56. The van der Waals surface area contributed by atoms with Crippen LogP contribution in [0, 0.1) is 11.3 Å². The molecule has 19 heavy (non-hydrogen) atoms. The summed E-state index contributed by atoms with van der Waals surface area (Å²) in [6.07, 6.45) is 3.26. The lowest BCUT2D eigenvalue weighted by atomic mass is 10.0. The lowest BCUT2D eigenvalue weighted by Gasteiger charge is -2.07. The summed E-state index contributed by atoms with van der Waals surface area (Å²) in [7, 11) is 0. The van der Waals surface area contributed by atoms with Gasteiger partial charge in [0.1, 0.15) is 6.07 Å². The Bertz CT molecular complexity index is 676. The number of nitrogens with zero attached hydrogens (tertiary/aromatic N) is 2. The number of halogens is 3. The van der Waals surface area contributed by atoms with Crippen molar-refractivity contribution in [1.29, 1.82) is 5.26 Å². The first-order chi connectivity index (χ1) is 9.13. The zero-order chi connectivity index (χ0) is 13.8. The van der Waals surface area contributed by atoms with Gasteiger partial charge in [-0.05, 0) is 29.8 Å². The van der Waals surface area contributed by atoms with Gasteiger partial charge in [0.2, 0.25) is 0 Å². The Balaban J connectivity index is 2.59. The first-order valence-electron chi connectivity index (χ1n) is 5.29. The van der Waals surface area contributed by atoms with E-state index < -0.39 is 0 Å². The van der Waals surface area contributed by atoms with Crippen molar-refractivity contribution in [3.05, 3.63) is 62.8 Å². The average Bonchev–Trinajstić information content (AvgIpc) is 2.40. The number of pyridine rings is 1. The van der Waals surface area contributed by atoms with Gasteiger partial charge < -0.3 is 0 Å². The number of aromatic nitrogens is 1. The third-order valence-electron chi connectivity index (χ3n) is 2.47. The van der Waals surface area contributed by atoms with Gasteiger partial charge in [-0.1, -0.05) is 49.5 Å². The van der Waals surface area contributed by atoms with Gasteiger partial charge in [0.15, 0.2) is 0 Å². The van der Waals surface area contributed by atoms with Gasteiger partial charge in [0.25, 0.3) is 0 Å². The predicted molar refractivity (Wildman–Crippen MR) is 84.4 cm³/mol. The zero-order valence-electron chi connectivity index (χ0n) is 9.57. The quantitative estimate of drug-likeness (QED) is 0.649. The molecule has 1 aromatic carbocycles. The molecular weight excluding hydrogens is 391 g/mol. The van der Waals surface area contributed by atoms with Gasteiger partial charge in [-0.2, -0.15) is 5.26 Å². The van der Waals surface area contributed by atoms with E-state index in [1.54, 1.807) is 24.5 Å². The number of hydrogen-bond donors (Lipinski definition) is 0. The van der Waals surface area contributed by atoms with Crippen LogP contribution in [0.25, 0.3) is 10.6 Å². The molecule has 0 spiro atoms. The Hall–Kier alpha value is -1.15. The number of nitriles is 1. The Kier molecular flexibility index (Phi) is 4.76. The number of allylic oxidation sites excluding steroid dienone is 1. The molecule has 0 aliphatic carbocycles. The van der Waals surface area contributed by atoms with Crippen LogP contribution in [-0.4, -0.2) is 4.98 Å². The van der Waals surface area contributed by atoms with Gasteiger partial charge in [-0.15, -0.1) is 0 Å². The lowest BCUT2D eigenvalue weighted by molar-refractivity contribution is 1.32. The molecule has 0 atom stereocenters. The van der Waals surface area contributed by atoms with E-state index in [9.17, 15) is 5.26 Å². The van der Waals surface area contributed by atoms with Crippen LogP contribution in [0.15, 0.2) is 51.7 Å². The van der Waals surface area contributed by atoms with E-state index in [1.165, 1.54) is 0 Å². The largest absolute Gasteiger partial charge is 0.265 e. The van der Waals surface area contributed by atoms with Gasteiger partial charge in [0.05, 0.1) is 10.6 Å². The van der Waals surface area contributed by atoms with Gasteiger partial charge in [-0.3, -0.25) is 4.98 Å². The van der Waals surface area contributed by atoms with Crippen LogP contribution >= 0.6 is 43.5 Å². The molecule has 0 radical (unpaired) electrons. The molecule has 94 valence electrons. The molecule has 2 nitrogen and oxygen atoms in total. The summed E-state index contributed by atoms with van der Waals surface area (Å²) < 4.78 is 1.77. The smallest absolute Gasteiger partial charge is 0.101 e. The summed E-state index contributed by atoms with van der Waals surface area (Å²) in [6, 6.07) is 11.3.